The maximum absolute atomic E-state index is 6.06. The first-order valence-corrected chi connectivity index (χ1v) is 8.41. The van der Waals surface area contributed by atoms with E-state index in [0.29, 0.717) is 12.6 Å². The van der Waals surface area contributed by atoms with Gasteiger partial charge < -0.3 is 14.6 Å². The van der Waals surface area contributed by atoms with Crippen molar-refractivity contribution in [1.82, 2.24) is 15.5 Å². The number of hydrogen-bond acceptors (Lipinski definition) is 5. The molecule has 1 N–H and O–H groups in total. The summed E-state index contributed by atoms with van der Waals surface area (Å²) in [6, 6.07) is 0.465. The van der Waals surface area contributed by atoms with Crippen molar-refractivity contribution in [1.29, 1.82) is 0 Å². The van der Waals surface area contributed by atoms with Gasteiger partial charge in [-0.05, 0) is 45.6 Å². The lowest BCUT2D eigenvalue weighted by molar-refractivity contribution is -0.0777. The summed E-state index contributed by atoms with van der Waals surface area (Å²) in [6.07, 6.45) is 9.14. The molecule has 1 aromatic heterocycles. The number of hydrogen-bond donors (Lipinski definition) is 1. The second-order valence-corrected chi connectivity index (χ2v) is 6.44. The Hall–Kier alpha value is -0.940. The van der Waals surface area contributed by atoms with Gasteiger partial charge in [-0.3, -0.25) is 0 Å². The maximum Gasteiger partial charge on any atom is 0.228 e. The van der Waals surface area contributed by atoms with Gasteiger partial charge in [-0.1, -0.05) is 24.4 Å². The normalized spacial score (nSPS) is 23.1. The average molecular weight is 293 g/mol. The van der Waals surface area contributed by atoms with Gasteiger partial charge in [0.05, 0.1) is 0 Å². The molecule has 2 saturated carbocycles. The Morgan fingerprint density at radius 2 is 2.10 bits per heavy atom. The van der Waals surface area contributed by atoms with Crippen LogP contribution in [-0.2, 0) is 16.8 Å². The molecule has 0 saturated heterocycles. The van der Waals surface area contributed by atoms with E-state index in [2.05, 4.69) is 15.5 Å². The standard InChI is InChI=1S/C16H27N3O2/c1-3-20-16(9-5-4-6-10-16)15-18-14(21-19-15)11-13(17-2)12-7-8-12/h12-13,17H,3-11H2,1-2H3. The fourth-order valence-corrected chi connectivity index (χ4v) is 3.55. The molecule has 1 unspecified atom stereocenters. The van der Waals surface area contributed by atoms with Gasteiger partial charge in [-0.25, -0.2) is 0 Å². The first-order valence-electron chi connectivity index (χ1n) is 8.41. The van der Waals surface area contributed by atoms with Gasteiger partial charge in [0.2, 0.25) is 11.7 Å². The molecule has 118 valence electrons. The molecule has 5 nitrogen and oxygen atoms in total. The number of rotatable bonds is 7. The fraction of sp³-hybridized carbons (Fsp3) is 0.875. The van der Waals surface area contributed by atoms with Gasteiger partial charge in [0.15, 0.2) is 0 Å². The molecule has 0 amide bonds. The second kappa shape index (κ2) is 6.44. The van der Waals surface area contributed by atoms with E-state index in [4.69, 9.17) is 9.26 Å². The Morgan fingerprint density at radius 3 is 2.71 bits per heavy atom. The minimum Gasteiger partial charge on any atom is -0.367 e. The van der Waals surface area contributed by atoms with E-state index >= 15 is 0 Å². The Bertz CT molecular complexity index is 445. The van der Waals surface area contributed by atoms with Crippen molar-refractivity contribution in [3.8, 4) is 0 Å². The zero-order chi connectivity index (χ0) is 14.7. The zero-order valence-electron chi connectivity index (χ0n) is 13.2. The molecule has 3 rings (SSSR count). The van der Waals surface area contributed by atoms with Gasteiger partial charge in [-0.2, -0.15) is 4.98 Å². The van der Waals surface area contributed by atoms with Crippen LogP contribution in [0.1, 0.15) is 63.6 Å². The molecule has 1 aromatic rings. The summed E-state index contributed by atoms with van der Waals surface area (Å²) in [4.78, 5) is 4.68. The lowest BCUT2D eigenvalue weighted by atomic mass is 9.84. The maximum atomic E-state index is 6.06. The minimum atomic E-state index is -0.302. The van der Waals surface area contributed by atoms with E-state index in [1.54, 1.807) is 0 Å². The Labute approximate surface area is 126 Å². The van der Waals surface area contributed by atoms with E-state index in [1.807, 2.05) is 14.0 Å². The number of nitrogens with zero attached hydrogens (tertiary/aromatic N) is 2. The van der Waals surface area contributed by atoms with Crippen LogP contribution >= 0.6 is 0 Å². The fourth-order valence-electron chi connectivity index (χ4n) is 3.55. The summed E-state index contributed by atoms with van der Waals surface area (Å²) in [7, 11) is 2.02. The monoisotopic (exact) mass is 293 g/mol. The molecule has 21 heavy (non-hydrogen) atoms. The molecule has 1 heterocycles. The lowest BCUT2D eigenvalue weighted by Gasteiger charge is -2.33. The quantitative estimate of drug-likeness (QED) is 0.837. The molecule has 2 aliphatic rings. The van der Waals surface area contributed by atoms with Crippen LogP contribution in [0.2, 0.25) is 0 Å². The van der Waals surface area contributed by atoms with E-state index in [1.165, 1.54) is 32.1 Å². The summed E-state index contributed by atoms with van der Waals surface area (Å²) in [5.74, 6) is 2.30. The van der Waals surface area contributed by atoms with Gasteiger partial charge in [-0.15, -0.1) is 0 Å². The van der Waals surface area contributed by atoms with Gasteiger partial charge in [0.1, 0.15) is 5.60 Å². The van der Waals surface area contributed by atoms with Gasteiger partial charge in [0.25, 0.3) is 0 Å². The SMILES string of the molecule is CCOC1(c2noc(CC(NC)C3CC3)n2)CCCCC1. The molecule has 1 atom stereocenters. The van der Waals surface area contributed by atoms with Gasteiger partial charge >= 0.3 is 0 Å². The number of likely N-dealkylation sites (N-methyl/N-ethyl adjacent to an activating group) is 1. The van der Waals surface area contributed by atoms with Crippen molar-refractivity contribution in [2.75, 3.05) is 13.7 Å². The summed E-state index contributed by atoms with van der Waals surface area (Å²) in [5, 5.41) is 7.64. The average Bonchev–Trinajstić information content (AvgIpc) is 3.24. The third-order valence-corrected chi connectivity index (χ3v) is 4.91. The largest absolute Gasteiger partial charge is 0.367 e. The minimum absolute atomic E-state index is 0.302. The van der Waals surface area contributed by atoms with Crippen LogP contribution < -0.4 is 5.32 Å². The third-order valence-electron chi connectivity index (χ3n) is 4.91. The highest BCUT2D eigenvalue weighted by Gasteiger charge is 2.39. The van der Waals surface area contributed by atoms with Crippen LogP contribution in [0.4, 0.5) is 0 Å². The Morgan fingerprint density at radius 1 is 1.33 bits per heavy atom. The zero-order valence-corrected chi connectivity index (χ0v) is 13.2. The van der Waals surface area contributed by atoms with Crippen molar-refractivity contribution in [2.45, 2.75) is 69.9 Å². The summed E-state index contributed by atoms with van der Waals surface area (Å²) in [5.41, 5.74) is -0.302. The Balaban J connectivity index is 1.72. The predicted molar refractivity (Wildman–Crippen MR) is 80.0 cm³/mol. The first kappa shape index (κ1) is 15.0. The van der Waals surface area contributed by atoms with E-state index in [0.717, 1.165) is 36.9 Å². The number of aromatic nitrogens is 2. The molecule has 2 fully saturated rings. The van der Waals surface area contributed by atoms with Crippen LogP contribution in [-0.4, -0.2) is 29.8 Å². The smallest absolute Gasteiger partial charge is 0.228 e. The van der Waals surface area contributed by atoms with Crippen LogP contribution in [0, 0.1) is 5.92 Å². The van der Waals surface area contributed by atoms with Gasteiger partial charge in [0, 0.05) is 19.1 Å². The molecule has 2 aliphatic carbocycles. The van der Waals surface area contributed by atoms with Crippen molar-refractivity contribution < 1.29 is 9.26 Å². The number of ether oxygens (including phenoxy) is 1. The van der Waals surface area contributed by atoms with Crippen molar-refractivity contribution in [3.63, 3.8) is 0 Å². The molecule has 0 spiro atoms. The second-order valence-electron chi connectivity index (χ2n) is 6.44. The van der Waals surface area contributed by atoms with E-state index in [9.17, 15) is 0 Å². The van der Waals surface area contributed by atoms with Crippen LogP contribution in [0.15, 0.2) is 4.52 Å². The summed E-state index contributed by atoms with van der Waals surface area (Å²) >= 11 is 0. The topological polar surface area (TPSA) is 60.2 Å². The highest BCUT2D eigenvalue weighted by atomic mass is 16.5. The summed E-state index contributed by atoms with van der Waals surface area (Å²) < 4.78 is 11.6. The molecule has 0 aromatic carbocycles. The van der Waals surface area contributed by atoms with Crippen molar-refractivity contribution in [2.24, 2.45) is 5.92 Å². The molecule has 0 bridgehead atoms. The molecule has 0 aliphatic heterocycles. The molecule has 5 heteroatoms. The van der Waals surface area contributed by atoms with Crippen molar-refractivity contribution >= 4 is 0 Å². The van der Waals surface area contributed by atoms with E-state index in [-0.39, 0.29) is 5.60 Å². The first-order chi connectivity index (χ1) is 10.3. The van der Waals surface area contributed by atoms with Crippen LogP contribution in [0.25, 0.3) is 0 Å². The van der Waals surface area contributed by atoms with E-state index < -0.39 is 0 Å². The highest BCUT2D eigenvalue weighted by molar-refractivity contribution is 5.04. The van der Waals surface area contributed by atoms with Crippen LogP contribution in [0.3, 0.4) is 0 Å². The molecule has 0 radical (unpaired) electrons. The lowest BCUT2D eigenvalue weighted by Crippen LogP contribution is -2.34. The Kier molecular flexibility index (Phi) is 4.60. The number of nitrogens with one attached hydrogen (secondary N) is 1. The predicted octanol–water partition coefficient (Wildman–Crippen LogP) is 2.81. The summed E-state index contributed by atoms with van der Waals surface area (Å²) in [6.45, 7) is 2.74. The van der Waals surface area contributed by atoms with Crippen molar-refractivity contribution in [3.05, 3.63) is 11.7 Å². The third kappa shape index (κ3) is 3.29. The molecular weight excluding hydrogens is 266 g/mol. The molecular formula is C16H27N3O2. The van der Waals surface area contributed by atoms with Crippen LogP contribution in [0.5, 0.6) is 0 Å². The highest BCUT2D eigenvalue weighted by Crippen LogP contribution is 2.39.